The predicted molar refractivity (Wildman–Crippen MR) is 83.9 cm³/mol. The Labute approximate surface area is 128 Å². The second-order valence-electron chi connectivity index (χ2n) is 6.16. The lowest BCUT2D eigenvalue weighted by atomic mass is 10.0. The zero-order chi connectivity index (χ0) is 15.7. The second-order valence-corrected chi connectivity index (χ2v) is 6.16. The second kappa shape index (κ2) is 5.61. The van der Waals surface area contributed by atoms with E-state index >= 15 is 0 Å². The van der Waals surface area contributed by atoms with Crippen molar-refractivity contribution in [3.8, 4) is 0 Å². The molecule has 3 rings (SSSR count). The SMILES string of the molecule is CCC(C)(CO)NC(=O)Nc1ccc2nc(C3CC3)oc2c1. The standard InChI is InChI=1S/C16H21N3O3/c1-3-16(2,9-20)19-15(21)17-11-6-7-12-13(8-11)22-14(18-12)10-4-5-10/h6-8,10,20H,3-5,9H2,1-2H3,(H2,17,19,21). The molecular weight excluding hydrogens is 282 g/mol. The molecule has 1 heterocycles. The Kier molecular flexibility index (Phi) is 3.78. The van der Waals surface area contributed by atoms with Crippen molar-refractivity contribution < 1.29 is 14.3 Å². The number of nitrogens with one attached hydrogen (secondary N) is 2. The number of rotatable bonds is 5. The van der Waals surface area contributed by atoms with Crippen LogP contribution in [0.4, 0.5) is 10.5 Å². The average Bonchev–Trinajstić information content (AvgIpc) is 3.27. The lowest BCUT2D eigenvalue weighted by molar-refractivity contribution is 0.172. The number of amides is 2. The van der Waals surface area contributed by atoms with Gasteiger partial charge in [-0.2, -0.15) is 0 Å². The lowest BCUT2D eigenvalue weighted by Gasteiger charge is -2.27. The number of hydrogen-bond acceptors (Lipinski definition) is 4. The van der Waals surface area contributed by atoms with E-state index in [9.17, 15) is 9.90 Å². The third-order valence-corrected chi connectivity index (χ3v) is 4.13. The third kappa shape index (κ3) is 3.06. The maximum atomic E-state index is 12.0. The number of benzene rings is 1. The fourth-order valence-electron chi connectivity index (χ4n) is 2.20. The quantitative estimate of drug-likeness (QED) is 0.792. The van der Waals surface area contributed by atoms with E-state index in [1.807, 2.05) is 13.0 Å². The molecule has 3 N–H and O–H groups in total. The topological polar surface area (TPSA) is 87.4 Å². The highest BCUT2D eigenvalue weighted by Crippen LogP contribution is 2.40. The van der Waals surface area contributed by atoms with E-state index in [2.05, 4.69) is 15.6 Å². The number of hydrogen-bond donors (Lipinski definition) is 3. The van der Waals surface area contributed by atoms with Gasteiger partial charge in [0.2, 0.25) is 0 Å². The molecule has 1 aliphatic carbocycles. The zero-order valence-corrected chi connectivity index (χ0v) is 12.8. The molecule has 0 spiro atoms. The average molecular weight is 303 g/mol. The molecule has 2 aromatic rings. The minimum atomic E-state index is -0.625. The van der Waals surface area contributed by atoms with Crippen LogP contribution >= 0.6 is 0 Å². The summed E-state index contributed by atoms with van der Waals surface area (Å²) in [6, 6.07) is 5.06. The van der Waals surface area contributed by atoms with Crippen molar-refractivity contribution in [2.24, 2.45) is 0 Å². The number of carbonyl (C=O) groups excluding carboxylic acids is 1. The normalized spacial score (nSPS) is 17.2. The van der Waals surface area contributed by atoms with Gasteiger partial charge in [-0.1, -0.05) is 6.92 Å². The van der Waals surface area contributed by atoms with Crippen molar-refractivity contribution in [3.05, 3.63) is 24.1 Å². The number of urea groups is 1. The van der Waals surface area contributed by atoms with Crippen LogP contribution in [0, 0.1) is 0 Å². The van der Waals surface area contributed by atoms with E-state index in [4.69, 9.17) is 4.42 Å². The van der Waals surface area contributed by atoms with Gasteiger partial charge in [0.05, 0.1) is 12.1 Å². The molecule has 1 aromatic carbocycles. The molecule has 0 aliphatic heterocycles. The molecule has 0 bridgehead atoms. The summed E-state index contributed by atoms with van der Waals surface area (Å²) in [5, 5.41) is 14.9. The predicted octanol–water partition coefficient (Wildman–Crippen LogP) is 2.99. The van der Waals surface area contributed by atoms with E-state index in [0.717, 1.165) is 24.2 Å². The van der Waals surface area contributed by atoms with Crippen LogP contribution in [0.3, 0.4) is 0 Å². The molecule has 6 heteroatoms. The first-order valence-electron chi connectivity index (χ1n) is 7.63. The van der Waals surface area contributed by atoms with E-state index < -0.39 is 5.54 Å². The molecule has 1 saturated carbocycles. The summed E-state index contributed by atoms with van der Waals surface area (Å²) in [7, 11) is 0. The first-order valence-corrected chi connectivity index (χ1v) is 7.63. The number of aliphatic hydroxyl groups is 1. The van der Waals surface area contributed by atoms with Gasteiger partial charge < -0.3 is 20.2 Å². The fraction of sp³-hybridized carbons (Fsp3) is 0.500. The Balaban J connectivity index is 1.71. The molecule has 0 saturated heterocycles. The number of oxazole rings is 1. The molecule has 0 radical (unpaired) electrons. The zero-order valence-electron chi connectivity index (χ0n) is 12.8. The van der Waals surface area contributed by atoms with Gasteiger partial charge in [-0.25, -0.2) is 9.78 Å². The molecule has 22 heavy (non-hydrogen) atoms. The summed E-state index contributed by atoms with van der Waals surface area (Å²) >= 11 is 0. The molecule has 118 valence electrons. The highest BCUT2D eigenvalue weighted by Gasteiger charge is 2.29. The summed E-state index contributed by atoms with van der Waals surface area (Å²) < 4.78 is 5.73. The Bertz CT molecular complexity index is 687. The number of fused-ring (bicyclic) bond motifs is 1. The van der Waals surface area contributed by atoms with Crippen LogP contribution in [0.25, 0.3) is 11.1 Å². The van der Waals surface area contributed by atoms with Gasteiger partial charge in [0.1, 0.15) is 5.52 Å². The monoisotopic (exact) mass is 303 g/mol. The summed E-state index contributed by atoms with van der Waals surface area (Å²) in [5.41, 5.74) is 1.50. The van der Waals surface area contributed by atoms with Crippen LogP contribution < -0.4 is 10.6 Å². The van der Waals surface area contributed by atoms with Crippen LogP contribution in [0.15, 0.2) is 22.6 Å². The minimum Gasteiger partial charge on any atom is -0.440 e. The van der Waals surface area contributed by atoms with Gasteiger partial charge >= 0.3 is 6.03 Å². The largest absolute Gasteiger partial charge is 0.440 e. The maximum absolute atomic E-state index is 12.0. The molecule has 1 aromatic heterocycles. The van der Waals surface area contributed by atoms with Crippen molar-refractivity contribution in [1.82, 2.24) is 10.3 Å². The number of anilines is 1. The lowest BCUT2D eigenvalue weighted by Crippen LogP contribution is -2.50. The van der Waals surface area contributed by atoms with Gasteiger partial charge in [0.15, 0.2) is 11.5 Å². The number of aromatic nitrogens is 1. The Morgan fingerprint density at radius 3 is 2.91 bits per heavy atom. The fourth-order valence-corrected chi connectivity index (χ4v) is 2.20. The molecule has 6 nitrogen and oxygen atoms in total. The van der Waals surface area contributed by atoms with Crippen LogP contribution in [0.2, 0.25) is 0 Å². The highest BCUT2D eigenvalue weighted by atomic mass is 16.3. The molecular formula is C16H21N3O3. The van der Waals surface area contributed by atoms with Gasteiger partial charge in [0, 0.05) is 17.7 Å². The van der Waals surface area contributed by atoms with Crippen LogP contribution in [0.5, 0.6) is 0 Å². The summed E-state index contributed by atoms with van der Waals surface area (Å²) in [5.74, 6) is 1.25. The highest BCUT2D eigenvalue weighted by molar-refractivity contribution is 5.92. The van der Waals surface area contributed by atoms with Gasteiger partial charge in [-0.15, -0.1) is 0 Å². The number of aliphatic hydroxyl groups excluding tert-OH is 1. The van der Waals surface area contributed by atoms with Crippen LogP contribution in [-0.4, -0.2) is 28.3 Å². The summed E-state index contributed by atoms with van der Waals surface area (Å²) in [6.07, 6.45) is 2.91. The molecule has 1 aliphatic rings. The van der Waals surface area contributed by atoms with Gasteiger partial charge in [0.25, 0.3) is 0 Å². The van der Waals surface area contributed by atoms with Crippen LogP contribution in [0.1, 0.15) is 44.9 Å². The summed E-state index contributed by atoms with van der Waals surface area (Å²) in [4.78, 5) is 16.5. The third-order valence-electron chi connectivity index (χ3n) is 4.13. The van der Waals surface area contributed by atoms with Gasteiger partial charge in [-0.05, 0) is 38.3 Å². The Hall–Kier alpha value is -2.08. The van der Waals surface area contributed by atoms with Crippen LogP contribution in [-0.2, 0) is 0 Å². The minimum absolute atomic E-state index is 0.108. The summed E-state index contributed by atoms with van der Waals surface area (Å²) in [6.45, 7) is 3.60. The molecule has 1 unspecified atom stereocenters. The first kappa shape index (κ1) is 14.8. The van der Waals surface area contributed by atoms with Crippen molar-refractivity contribution >= 4 is 22.8 Å². The molecule has 1 atom stereocenters. The van der Waals surface area contributed by atoms with E-state index in [1.165, 1.54) is 0 Å². The Morgan fingerprint density at radius 2 is 2.27 bits per heavy atom. The smallest absolute Gasteiger partial charge is 0.319 e. The van der Waals surface area contributed by atoms with Gasteiger partial charge in [-0.3, -0.25) is 0 Å². The first-order chi connectivity index (χ1) is 10.5. The molecule has 2 amide bonds. The van der Waals surface area contributed by atoms with E-state index in [-0.39, 0.29) is 12.6 Å². The maximum Gasteiger partial charge on any atom is 0.319 e. The van der Waals surface area contributed by atoms with Crippen molar-refractivity contribution in [2.75, 3.05) is 11.9 Å². The number of nitrogens with zero attached hydrogens (tertiary/aromatic N) is 1. The van der Waals surface area contributed by atoms with Crippen molar-refractivity contribution in [3.63, 3.8) is 0 Å². The van der Waals surface area contributed by atoms with E-state index in [0.29, 0.717) is 23.6 Å². The molecule has 1 fully saturated rings. The Morgan fingerprint density at radius 1 is 1.50 bits per heavy atom. The van der Waals surface area contributed by atoms with Crippen molar-refractivity contribution in [2.45, 2.75) is 44.6 Å². The number of carbonyl (C=O) groups is 1. The van der Waals surface area contributed by atoms with E-state index in [1.54, 1.807) is 19.1 Å². The van der Waals surface area contributed by atoms with Crippen molar-refractivity contribution in [1.29, 1.82) is 0 Å².